The van der Waals surface area contributed by atoms with E-state index in [0.717, 1.165) is 53.3 Å². The Bertz CT molecular complexity index is 937. The Balaban J connectivity index is 1.59. The van der Waals surface area contributed by atoms with Gasteiger partial charge < -0.3 is 19.5 Å². The number of rotatable bonds is 7. The number of ether oxygens (including phenoxy) is 3. The van der Waals surface area contributed by atoms with Crippen molar-refractivity contribution in [2.24, 2.45) is 0 Å². The first-order chi connectivity index (χ1) is 14.3. The molecule has 1 aromatic carbocycles. The maximum absolute atomic E-state index is 5.91. The fraction of sp³-hybridized carbons (Fsp3) is 0.318. The lowest BCUT2D eigenvalue weighted by Gasteiger charge is -2.16. The van der Waals surface area contributed by atoms with Crippen molar-refractivity contribution in [3.8, 4) is 22.6 Å². The highest BCUT2D eigenvalue weighted by molar-refractivity contribution is 5.65. The van der Waals surface area contributed by atoms with Crippen molar-refractivity contribution in [2.45, 2.75) is 25.5 Å². The lowest BCUT2D eigenvalue weighted by molar-refractivity contribution is 0.109. The highest BCUT2D eigenvalue weighted by Crippen LogP contribution is 2.34. The SMILES string of the molecule is COc1cc(CNc2ncc(-c3ccncc3)c([C@H]3CCCO3)n2)cc(OC)c1. The van der Waals surface area contributed by atoms with Crippen LogP contribution in [0.2, 0.25) is 0 Å². The summed E-state index contributed by atoms with van der Waals surface area (Å²) in [5, 5.41) is 3.30. The van der Waals surface area contributed by atoms with Crippen molar-refractivity contribution >= 4 is 5.95 Å². The highest BCUT2D eigenvalue weighted by Gasteiger charge is 2.23. The number of methoxy groups -OCH3 is 2. The van der Waals surface area contributed by atoms with Crippen molar-refractivity contribution in [3.63, 3.8) is 0 Å². The molecule has 4 rings (SSSR count). The molecule has 0 radical (unpaired) electrons. The van der Waals surface area contributed by atoms with Crippen molar-refractivity contribution in [1.82, 2.24) is 15.0 Å². The Morgan fingerprint density at radius 1 is 1.10 bits per heavy atom. The van der Waals surface area contributed by atoms with E-state index in [9.17, 15) is 0 Å². The molecule has 0 aliphatic carbocycles. The van der Waals surface area contributed by atoms with Crippen LogP contribution in [0.25, 0.3) is 11.1 Å². The van der Waals surface area contributed by atoms with Gasteiger partial charge >= 0.3 is 0 Å². The van der Waals surface area contributed by atoms with E-state index in [1.54, 1.807) is 26.6 Å². The molecule has 1 fully saturated rings. The van der Waals surface area contributed by atoms with Crippen LogP contribution in [-0.4, -0.2) is 35.8 Å². The molecule has 0 spiro atoms. The van der Waals surface area contributed by atoms with Gasteiger partial charge in [-0.1, -0.05) is 0 Å². The Labute approximate surface area is 170 Å². The summed E-state index contributed by atoms with van der Waals surface area (Å²) in [5.41, 5.74) is 3.94. The predicted octanol–water partition coefficient (Wildman–Crippen LogP) is 4.02. The minimum Gasteiger partial charge on any atom is -0.497 e. The van der Waals surface area contributed by atoms with Gasteiger partial charge in [-0.05, 0) is 48.2 Å². The molecule has 3 aromatic rings. The molecule has 0 unspecified atom stereocenters. The molecule has 1 atom stereocenters. The molecule has 0 amide bonds. The third-order valence-corrected chi connectivity index (χ3v) is 4.91. The van der Waals surface area contributed by atoms with Gasteiger partial charge in [0.2, 0.25) is 5.95 Å². The number of anilines is 1. The molecule has 1 N–H and O–H groups in total. The minimum absolute atomic E-state index is 0.0152. The summed E-state index contributed by atoms with van der Waals surface area (Å²) < 4.78 is 16.6. The summed E-state index contributed by atoms with van der Waals surface area (Å²) in [7, 11) is 3.28. The predicted molar refractivity (Wildman–Crippen MR) is 110 cm³/mol. The number of nitrogens with zero attached hydrogens (tertiary/aromatic N) is 3. The van der Waals surface area contributed by atoms with E-state index in [1.165, 1.54) is 0 Å². The van der Waals surface area contributed by atoms with Crippen LogP contribution in [0.5, 0.6) is 11.5 Å². The van der Waals surface area contributed by atoms with Crippen LogP contribution in [0.4, 0.5) is 5.95 Å². The molecule has 2 aromatic heterocycles. The number of pyridine rings is 1. The second-order valence-corrected chi connectivity index (χ2v) is 6.80. The third-order valence-electron chi connectivity index (χ3n) is 4.91. The summed E-state index contributed by atoms with van der Waals surface area (Å²) in [4.78, 5) is 13.4. The van der Waals surface area contributed by atoms with Crippen LogP contribution in [0.15, 0.2) is 48.9 Å². The number of aromatic nitrogens is 3. The van der Waals surface area contributed by atoms with Gasteiger partial charge in [0.1, 0.15) is 17.6 Å². The molecule has 1 saturated heterocycles. The fourth-order valence-electron chi connectivity index (χ4n) is 3.42. The molecular formula is C22H24N4O3. The van der Waals surface area contributed by atoms with Gasteiger partial charge in [0.25, 0.3) is 0 Å². The first-order valence-electron chi connectivity index (χ1n) is 9.61. The second kappa shape index (κ2) is 8.87. The maximum Gasteiger partial charge on any atom is 0.223 e. The largest absolute Gasteiger partial charge is 0.497 e. The minimum atomic E-state index is -0.0152. The summed E-state index contributed by atoms with van der Waals surface area (Å²) in [6.07, 6.45) is 7.39. The topological polar surface area (TPSA) is 78.4 Å². The second-order valence-electron chi connectivity index (χ2n) is 6.80. The zero-order valence-corrected chi connectivity index (χ0v) is 16.6. The van der Waals surface area contributed by atoms with Crippen LogP contribution >= 0.6 is 0 Å². The normalized spacial score (nSPS) is 15.9. The first kappa shape index (κ1) is 19.1. The zero-order chi connectivity index (χ0) is 20.1. The van der Waals surface area contributed by atoms with E-state index in [0.29, 0.717) is 12.5 Å². The number of nitrogens with one attached hydrogen (secondary N) is 1. The molecule has 150 valence electrons. The zero-order valence-electron chi connectivity index (χ0n) is 16.6. The molecule has 29 heavy (non-hydrogen) atoms. The molecule has 1 aliphatic heterocycles. The average molecular weight is 392 g/mol. The van der Waals surface area contributed by atoms with Gasteiger partial charge in [-0.3, -0.25) is 4.98 Å². The molecule has 0 bridgehead atoms. The third kappa shape index (κ3) is 4.46. The Morgan fingerprint density at radius 3 is 2.52 bits per heavy atom. The maximum atomic E-state index is 5.91. The lowest BCUT2D eigenvalue weighted by atomic mass is 10.0. The van der Waals surface area contributed by atoms with Crippen LogP contribution in [0, 0.1) is 0 Å². The number of hydrogen-bond acceptors (Lipinski definition) is 7. The molecule has 3 heterocycles. The quantitative estimate of drug-likeness (QED) is 0.650. The molecule has 7 heteroatoms. The monoisotopic (exact) mass is 392 g/mol. The smallest absolute Gasteiger partial charge is 0.223 e. The van der Waals surface area contributed by atoms with Crippen molar-refractivity contribution in [1.29, 1.82) is 0 Å². The number of hydrogen-bond donors (Lipinski definition) is 1. The van der Waals surface area contributed by atoms with Gasteiger partial charge in [-0.15, -0.1) is 0 Å². The van der Waals surface area contributed by atoms with Crippen molar-refractivity contribution in [3.05, 3.63) is 60.2 Å². The Kier molecular flexibility index (Phi) is 5.86. The average Bonchev–Trinajstić information content (AvgIpc) is 3.32. The van der Waals surface area contributed by atoms with Crippen molar-refractivity contribution < 1.29 is 14.2 Å². The molecular weight excluding hydrogens is 368 g/mol. The van der Waals surface area contributed by atoms with E-state index in [-0.39, 0.29) is 6.10 Å². The summed E-state index contributed by atoms with van der Waals surface area (Å²) in [6, 6.07) is 9.70. The van der Waals surface area contributed by atoms with Crippen LogP contribution in [-0.2, 0) is 11.3 Å². The molecule has 7 nitrogen and oxygen atoms in total. The standard InChI is InChI=1S/C22H24N4O3/c1-27-17-10-15(11-18(12-17)28-2)13-24-22-25-14-19(16-5-7-23-8-6-16)21(26-22)20-4-3-9-29-20/h5-8,10-12,14,20H,3-4,9,13H2,1-2H3,(H,24,25,26)/t20-/m1/s1. The van der Waals surface area contributed by atoms with Crippen molar-refractivity contribution in [2.75, 3.05) is 26.1 Å². The van der Waals surface area contributed by atoms with Gasteiger partial charge in [-0.2, -0.15) is 0 Å². The number of benzene rings is 1. The van der Waals surface area contributed by atoms with E-state index >= 15 is 0 Å². The van der Waals surface area contributed by atoms with Gasteiger partial charge in [-0.25, -0.2) is 9.97 Å². The van der Waals surface area contributed by atoms with Crippen LogP contribution in [0.1, 0.15) is 30.2 Å². The molecule has 1 aliphatic rings. The fourth-order valence-corrected chi connectivity index (χ4v) is 3.42. The van der Waals surface area contributed by atoms with Crippen LogP contribution in [0.3, 0.4) is 0 Å². The van der Waals surface area contributed by atoms with E-state index < -0.39 is 0 Å². The van der Waals surface area contributed by atoms with E-state index in [1.807, 2.05) is 36.5 Å². The van der Waals surface area contributed by atoms with E-state index in [2.05, 4.69) is 15.3 Å². The molecule has 0 saturated carbocycles. The summed E-state index contributed by atoms with van der Waals surface area (Å²) in [6.45, 7) is 1.31. The van der Waals surface area contributed by atoms with Gasteiger partial charge in [0, 0.05) is 43.4 Å². The lowest BCUT2D eigenvalue weighted by Crippen LogP contribution is -2.09. The van der Waals surface area contributed by atoms with Gasteiger partial charge in [0.05, 0.1) is 19.9 Å². The van der Waals surface area contributed by atoms with Gasteiger partial charge in [0.15, 0.2) is 0 Å². The summed E-state index contributed by atoms with van der Waals surface area (Å²) in [5.74, 6) is 2.06. The van der Waals surface area contributed by atoms with E-state index in [4.69, 9.17) is 19.2 Å². The summed E-state index contributed by atoms with van der Waals surface area (Å²) >= 11 is 0. The highest BCUT2D eigenvalue weighted by atomic mass is 16.5. The first-order valence-corrected chi connectivity index (χ1v) is 9.61. The Hall–Kier alpha value is -3.19. The Morgan fingerprint density at radius 2 is 1.86 bits per heavy atom. The van der Waals surface area contributed by atoms with Crippen LogP contribution < -0.4 is 14.8 Å².